The van der Waals surface area contributed by atoms with Crippen LogP contribution in [0.3, 0.4) is 0 Å². The zero-order chi connectivity index (χ0) is 9.26. The molecular formula is C10H19NO2. The normalized spacial score (nSPS) is 42.5. The molecule has 0 aliphatic carbocycles. The summed E-state index contributed by atoms with van der Waals surface area (Å²) < 4.78 is 10.9. The smallest absolute Gasteiger partial charge is 0.0590 e. The highest BCUT2D eigenvalue weighted by atomic mass is 16.5. The van der Waals surface area contributed by atoms with E-state index >= 15 is 0 Å². The Morgan fingerprint density at radius 2 is 2.15 bits per heavy atom. The summed E-state index contributed by atoms with van der Waals surface area (Å²) in [5, 5.41) is 0. The van der Waals surface area contributed by atoms with Crippen molar-refractivity contribution in [1.29, 1.82) is 0 Å². The first-order valence-electron chi connectivity index (χ1n) is 5.24. The van der Waals surface area contributed by atoms with E-state index in [1.165, 1.54) is 0 Å². The molecule has 0 aromatic carbocycles. The lowest BCUT2D eigenvalue weighted by atomic mass is 9.85. The first-order valence-corrected chi connectivity index (χ1v) is 5.24. The Morgan fingerprint density at radius 1 is 1.31 bits per heavy atom. The Labute approximate surface area is 79.6 Å². The molecule has 0 aromatic heterocycles. The van der Waals surface area contributed by atoms with Crippen LogP contribution in [0.5, 0.6) is 0 Å². The lowest BCUT2D eigenvalue weighted by Crippen LogP contribution is -2.40. The molecule has 3 nitrogen and oxygen atoms in total. The van der Waals surface area contributed by atoms with Crippen molar-refractivity contribution in [1.82, 2.24) is 0 Å². The average Bonchev–Trinajstić information content (AvgIpc) is 2.72. The minimum atomic E-state index is 0.278. The van der Waals surface area contributed by atoms with Gasteiger partial charge in [0.1, 0.15) is 0 Å². The Hall–Kier alpha value is -0.120. The summed E-state index contributed by atoms with van der Waals surface area (Å²) in [5.74, 6) is 1.11. The van der Waals surface area contributed by atoms with Crippen molar-refractivity contribution in [3.63, 3.8) is 0 Å². The van der Waals surface area contributed by atoms with E-state index in [0.717, 1.165) is 32.7 Å². The van der Waals surface area contributed by atoms with Crippen LogP contribution in [0.2, 0.25) is 0 Å². The SMILES string of the molecule is CC1OCCC1C(N)C1CCOC1. The maximum absolute atomic E-state index is 6.21. The van der Waals surface area contributed by atoms with Gasteiger partial charge in [-0.25, -0.2) is 0 Å². The summed E-state index contributed by atoms with van der Waals surface area (Å²) in [5.41, 5.74) is 6.21. The van der Waals surface area contributed by atoms with Gasteiger partial charge in [-0.05, 0) is 25.7 Å². The van der Waals surface area contributed by atoms with Crippen molar-refractivity contribution in [2.45, 2.75) is 31.9 Å². The minimum absolute atomic E-state index is 0.278. The van der Waals surface area contributed by atoms with Crippen LogP contribution in [-0.2, 0) is 9.47 Å². The molecule has 2 fully saturated rings. The van der Waals surface area contributed by atoms with Gasteiger partial charge in [0.05, 0.1) is 12.7 Å². The van der Waals surface area contributed by atoms with Crippen molar-refractivity contribution in [3.05, 3.63) is 0 Å². The van der Waals surface area contributed by atoms with Crippen LogP contribution < -0.4 is 5.73 Å². The lowest BCUT2D eigenvalue weighted by molar-refractivity contribution is 0.0903. The maximum Gasteiger partial charge on any atom is 0.0590 e. The molecule has 13 heavy (non-hydrogen) atoms. The third kappa shape index (κ3) is 1.87. The van der Waals surface area contributed by atoms with Gasteiger partial charge >= 0.3 is 0 Å². The maximum atomic E-state index is 6.21. The van der Waals surface area contributed by atoms with E-state index in [9.17, 15) is 0 Å². The monoisotopic (exact) mass is 185 g/mol. The lowest BCUT2D eigenvalue weighted by Gasteiger charge is -2.26. The molecule has 2 saturated heterocycles. The fourth-order valence-electron chi connectivity index (χ4n) is 2.46. The number of hydrogen-bond acceptors (Lipinski definition) is 3. The molecule has 2 aliphatic rings. The van der Waals surface area contributed by atoms with Gasteiger partial charge in [-0.15, -0.1) is 0 Å². The van der Waals surface area contributed by atoms with Gasteiger partial charge in [0.25, 0.3) is 0 Å². The summed E-state index contributed by atoms with van der Waals surface area (Å²) in [4.78, 5) is 0. The van der Waals surface area contributed by atoms with Crippen LogP contribution in [0.1, 0.15) is 19.8 Å². The largest absolute Gasteiger partial charge is 0.381 e. The molecule has 76 valence electrons. The highest BCUT2D eigenvalue weighted by molar-refractivity contribution is 4.88. The van der Waals surface area contributed by atoms with E-state index in [4.69, 9.17) is 15.2 Å². The zero-order valence-electron chi connectivity index (χ0n) is 8.24. The Kier molecular flexibility index (Phi) is 2.86. The van der Waals surface area contributed by atoms with Gasteiger partial charge in [-0.1, -0.05) is 0 Å². The van der Waals surface area contributed by atoms with E-state index in [0.29, 0.717) is 17.9 Å². The van der Waals surface area contributed by atoms with E-state index in [1.54, 1.807) is 0 Å². The minimum Gasteiger partial charge on any atom is -0.381 e. The molecule has 2 N–H and O–H groups in total. The van der Waals surface area contributed by atoms with Gasteiger partial charge in [0.2, 0.25) is 0 Å². The summed E-state index contributed by atoms with van der Waals surface area (Å²) in [6, 6.07) is 0.278. The number of hydrogen-bond donors (Lipinski definition) is 1. The van der Waals surface area contributed by atoms with Gasteiger partial charge < -0.3 is 15.2 Å². The second-order valence-electron chi connectivity index (χ2n) is 4.23. The van der Waals surface area contributed by atoms with Crippen molar-refractivity contribution >= 4 is 0 Å². The third-order valence-corrected chi connectivity index (χ3v) is 3.44. The van der Waals surface area contributed by atoms with Crippen LogP contribution >= 0.6 is 0 Å². The van der Waals surface area contributed by atoms with Crippen LogP contribution in [0.4, 0.5) is 0 Å². The van der Waals surface area contributed by atoms with Crippen molar-refractivity contribution < 1.29 is 9.47 Å². The van der Waals surface area contributed by atoms with E-state index < -0.39 is 0 Å². The predicted molar refractivity (Wildman–Crippen MR) is 50.4 cm³/mol. The quantitative estimate of drug-likeness (QED) is 0.691. The second kappa shape index (κ2) is 3.95. The molecule has 0 spiro atoms. The molecule has 0 bridgehead atoms. The van der Waals surface area contributed by atoms with Crippen molar-refractivity contribution in [3.8, 4) is 0 Å². The highest BCUT2D eigenvalue weighted by Gasteiger charge is 2.35. The summed E-state index contributed by atoms with van der Waals surface area (Å²) >= 11 is 0. The Balaban J connectivity index is 1.91. The zero-order valence-corrected chi connectivity index (χ0v) is 8.24. The Bertz CT molecular complexity index is 168. The molecule has 0 radical (unpaired) electrons. The number of ether oxygens (including phenoxy) is 2. The highest BCUT2D eigenvalue weighted by Crippen LogP contribution is 2.29. The van der Waals surface area contributed by atoms with Crippen LogP contribution in [0.15, 0.2) is 0 Å². The molecule has 4 atom stereocenters. The second-order valence-corrected chi connectivity index (χ2v) is 4.23. The molecule has 0 aromatic rings. The molecule has 2 rings (SSSR count). The average molecular weight is 185 g/mol. The predicted octanol–water partition coefficient (Wildman–Crippen LogP) is 0.775. The first-order chi connectivity index (χ1) is 6.29. The van der Waals surface area contributed by atoms with Crippen molar-refractivity contribution in [2.75, 3.05) is 19.8 Å². The molecule has 0 saturated carbocycles. The topological polar surface area (TPSA) is 44.5 Å². The van der Waals surface area contributed by atoms with Crippen LogP contribution in [0, 0.1) is 11.8 Å². The third-order valence-electron chi connectivity index (χ3n) is 3.44. The van der Waals surface area contributed by atoms with Gasteiger partial charge in [0.15, 0.2) is 0 Å². The van der Waals surface area contributed by atoms with Gasteiger partial charge in [0, 0.05) is 25.2 Å². The summed E-state index contributed by atoms with van der Waals surface area (Å²) in [6.07, 6.45) is 2.60. The van der Waals surface area contributed by atoms with Crippen molar-refractivity contribution in [2.24, 2.45) is 17.6 Å². The van der Waals surface area contributed by atoms with E-state index in [2.05, 4.69) is 6.92 Å². The number of nitrogens with two attached hydrogens (primary N) is 1. The molecule has 4 unspecified atom stereocenters. The molecule has 0 amide bonds. The standard InChI is InChI=1S/C10H19NO2/c1-7-9(3-5-13-7)10(11)8-2-4-12-6-8/h7-10H,2-6,11H2,1H3. The summed E-state index contributed by atoms with van der Waals surface area (Å²) in [6.45, 7) is 4.76. The van der Waals surface area contributed by atoms with E-state index in [-0.39, 0.29) is 6.04 Å². The molecule has 2 heterocycles. The van der Waals surface area contributed by atoms with Crippen LogP contribution in [0.25, 0.3) is 0 Å². The fourth-order valence-corrected chi connectivity index (χ4v) is 2.46. The fraction of sp³-hybridized carbons (Fsp3) is 1.00. The Morgan fingerprint density at radius 3 is 2.69 bits per heavy atom. The first kappa shape index (κ1) is 9.44. The molecule has 3 heteroatoms. The number of rotatable bonds is 2. The molecule has 2 aliphatic heterocycles. The van der Waals surface area contributed by atoms with Gasteiger partial charge in [-0.2, -0.15) is 0 Å². The summed E-state index contributed by atoms with van der Waals surface area (Å²) in [7, 11) is 0. The molecular weight excluding hydrogens is 166 g/mol. The van der Waals surface area contributed by atoms with Crippen LogP contribution in [-0.4, -0.2) is 32.0 Å². The van der Waals surface area contributed by atoms with E-state index in [1.807, 2.05) is 0 Å². The van der Waals surface area contributed by atoms with Gasteiger partial charge in [-0.3, -0.25) is 0 Å².